The number of aryl methyl sites for hydroxylation is 1. The Morgan fingerprint density at radius 3 is 2.58 bits per heavy atom. The van der Waals surface area contributed by atoms with Crippen molar-refractivity contribution in [3.63, 3.8) is 0 Å². The fourth-order valence-electron chi connectivity index (χ4n) is 5.08. The number of aromatic amines is 1. The number of nitrogens with one attached hydrogen (secondary N) is 2. The molecule has 3 aromatic heterocycles. The number of likely N-dealkylation sites (tertiary alicyclic amines) is 1. The van der Waals surface area contributed by atoms with Gasteiger partial charge in [0.15, 0.2) is 0 Å². The fraction of sp³-hybridized carbons (Fsp3) is 0.333. The van der Waals surface area contributed by atoms with Gasteiger partial charge in [-0.05, 0) is 61.7 Å². The molecule has 0 radical (unpaired) electrons. The number of H-pyrrole nitrogens is 1. The molecule has 2 aliphatic heterocycles. The van der Waals surface area contributed by atoms with E-state index in [2.05, 4.69) is 66.1 Å². The van der Waals surface area contributed by atoms with Gasteiger partial charge in [-0.25, -0.2) is 4.98 Å². The molecule has 6 rings (SSSR count). The van der Waals surface area contributed by atoms with E-state index in [1.807, 2.05) is 26.4 Å². The Labute approximate surface area is 194 Å². The first-order valence-corrected chi connectivity index (χ1v) is 11.9. The highest BCUT2D eigenvalue weighted by Gasteiger charge is 2.18. The molecule has 2 N–H and O–H groups in total. The number of nitrogens with zero attached hydrogens (tertiary/aromatic N) is 4. The number of imidazole rings is 1. The average Bonchev–Trinajstić information content (AvgIpc) is 3.39. The first kappa shape index (κ1) is 20.2. The van der Waals surface area contributed by atoms with Crippen LogP contribution in [0.1, 0.15) is 41.8 Å². The summed E-state index contributed by atoms with van der Waals surface area (Å²) in [6.07, 6.45) is 10.2. The molecule has 0 amide bonds. The third-order valence-electron chi connectivity index (χ3n) is 7.16. The van der Waals surface area contributed by atoms with Crippen LogP contribution in [-0.2, 0) is 13.6 Å². The monoisotopic (exact) mass is 438 g/mol. The molecule has 4 aromatic rings. The van der Waals surface area contributed by atoms with Crippen molar-refractivity contribution in [2.75, 3.05) is 25.0 Å². The highest BCUT2D eigenvalue weighted by molar-refractivity contribution is 6.03. The van der Waals surface area contributed by atoms with Gasteiger partial charge in [-0.2, -0.15) is 0 Å². The van der Waals surface area contributed by atoms with Crippen LogP contribution in [0.3, 0.4) is 0 Å². The van der Waals surface area contributed by atoms with Gasteiger partial charge in [0, 0.05) is 31.1 Å². The van der Waals surface area contributed by atoms with Crippen molar-refractivity contribution >= 4 is 28.4 Å². The Balaban J connectivity index is 1.30. The average molecular weight is 439 g/mol. The lowest BCUT2D eigenvalue weighted by Gasteiger charge is -2.26. The normalized spacial score (nSPS) is 16.5. The van der Waals surface area contributed by atoms with Crippen LogP contribution in [0.15, 0.2) is 42.7 Å². The first-order chi connectivity index (χ1) is 16.2. The zero-order valence-electron chi connectivity index (χ0n) is 19.4. The summed E-state index contributed by atoms with van der Waals surface area (Å²) < 4.78 is 2.08. The minimum Gasteiger partial charge on any atom is -0.367 e. The highest BCUT2D eigenvalue weighted by atomic mass is 15.1. The summed E-state index contributed by atoms with van der Waals surface area (Å²) >= 11 is 0. The number of hydrogen-bond acceptors (Lipinski definition) is 4. The van der Waals surface area contributed by atoms with Crippen molar-refractivity contribution in [2.45, 2.75) is 32.7 Å². The summed E-state index contributed by atoms with van der Waals surface area (Å²) in [5.41, 5.74) is 8.20. The summed E-state index contributed by atoms with van der Waals surface area (Å²) in [4.78, 5) is 15.2. The van der Waals surface area contributed by atoms with Crippen molar-refractivity contribution < 1.29 is 0 Å². The molecule has 0 unspecified atom stereocenters. The first-order valence-electron chi connectivity index (χ1n) is 11.9. The second-order valence-corrected chi connectivity index (χ2v) is 9.34. The summed E-state index contributed by atoms with van der Waals surface area (Å²) in [6.45, 7) is 6.35. The van der Waals surface area contributed by atoms with Gasteiger partial charge in [0.25, 0.3) is 0 Å². The largest absolute Gasteiger partial charge is 0.367 e. The maximum atomic E-state index is 4.68. The summed E-state index contributed by atoms with van der Waals surface area (Å²) in [7, 11) is 2.03. The van der Waals surface area contributed by atoms with Gasteiger partial charge < -0.3 is 14.9 Å². The highest BCUT2D eigenvalue weighted by Crippen LogP contribution is 2.35. The van der Waals surface area contributed by atoms with E-state index in [0.717, 1.165) is 41.6 Å². The topological polar surface area (TPSA) is 61.8 Å². The number of rotatable bonds is 4. The lowest BCUT2D eigenvalue weighted by molar-refractivity contribution is 0.221. The molecule has 0 atom stereocenters. The smallest absolute Gasteiger partial charge is 0.112 e. The number of aromatic nitrogens is 4. The minimum absolute atomic E-state index is 0.812. The number of piperidine rings is 1. The third-order valence-corrected chi connectivity index (χ3v) is 7.16. The Hall–Kier alpha value is -3.38. The van der Waals surface area contributed by atoms with Crippen LogP contribution in [0.5, 0.6) is 0 Å². The van der Waals surface area contributed by atoms with Gasteiger partial charge in [-0.3, -0.25) is 9.88 Å². The Morgan fingerprint density at radius 2 is 1.82 bits per heavy atom. The number of fused-ring (bicyclic) bond motifs is 3. The molecule has 6 nitrogen and oxygen atoms in total. The molecule has 168 valence electrons. The number of pyridine rings is 1. The van der Waals surface area contributed by atoms with Crippen LogP contribution in [0.25, 0.3) is 33.9 Å². The van der Waals surface area contributed by atoms with Crippen molar-refractivity contribution in [2.24, 2.45) is 7.05 Å². The van der Waals surface area contributed by atoms with E-state index >= 15 is 0 Å². The van der Waals surface area contributed by atoms with E-state index < -0.39 is 0 Å². The molecule has 5 heterocycles. The maximum Gasteiger partial charge on any atom is 0.112 e. The quantitative estimate of drug-likeness (QED) is 0.458. The van der Waals surface area contributed by atoms with Crippen molar-refractivity contribution in [1.82, 2.24) is 24.4 Å². The van der Waals surface area contributed by atoms with Gasteiger partial charge in [0.05, 0.1) is 29.3 Å². The maximum absolute atomic E-state index is 4.68. The number of hydrogen-bond donors (Lipinski definition) is 2. The van der Waals surface area contributed by atoms with Crippen LogP contribution < -0.4 is 5.32 Å². The molecular weight excluding hydrogens is 408 g/mol. The van der Waals surface area contributed by atoms with Crippen LogP contribution in [0, 0.1) is 6.92 Å². The zero-order chi connectivity index (χ0) is 22.4. The van der Waals surface area contributed by atoms with Gasteiger partial charge in [0.1, 0.15) is 11.6 Å². The zero-order valence-corrected chi connectivity index (χ0v) is 19.4. The van der Waals surface area contributed by atoms with Gasteiger partial charge >= 0.3 is 0 Å². The predicted octanol–water partition coefficient (Wildman–Crippen LogP) is 5.22. The van der Waals surface area contributed by atoms with E-state index in [1.165, 1.54) is 60.0 Å². The van der Waals surface area contributed by atoms with E-state index in [4.69, 9.17) is 0 Å². The molecule has 33 heavy (non-hydrogen) atoms. The van der Waals surface area contributed by atoms with Crippen molar-refractivity contribution in [1.29, 1.82) is 0 Å². The Kier molecular flexibility index (Phi) is 5.03. The molecule has 1 aromatic carbocycles. The van der Waals surface area contributed by atoms with Crippen LogP contribution in [-0.4, -0.2) is 44.1 Å². The van der Waals surface area contributed by atoms with Crippen molar-refractivity contribution in [3.05, 3.63) is 65.2 Å². The molecule has 2 aliphatic rings. The predicted molar refractivity (Wildman–Crippen MR) is 135 cm³/mol. The van der Waals surface area contributed by atoms with Gasteiger partial charge in [0.2, 0.25) is 0 Å². The van der Waals surface area contributed by atoms with E-state index in [1.54, 1.807) is 0 Å². The lowest BCUT2D eigenvalue weighted by atomic mass is 9.98. The molecule has 6 heteroatoms. The summed E-state index contributed by atoms with van der Waals surface area (Å²) in [5.74, 6) is 2.05. The standard InChI is InChI=1S/C27H30N6/c1-18-28-16-26(32(18)2)24-13-22-23-12-21(14-30-27(23)31-25(22)15-29-24)20-8-6-19(7-9-20)17-33-10-4-3-5-11-33/h6-9,12-13,15-16,30-31H,3-5,10-11,14,17H2,1-2H3. The Morgan fingerprint density at radius 1 is 1.00 bits per heavy atom. The molecule has 0 bridgehead atoms. The lowest BCUT2D eigenvalue weighted by Crippen LogP contribution is -2.29. The molecule has 0 spiro atoms. The number of benzene rings is 1. The summed E-state index contributed by atoms with van der Waals surface area (Å²) in [6, 6.07) is 11.3. The molecule has 0 aliphatic carbocycles. The third kappa shape index (κ3) is 3.74. The van der Waals surface area contributed by atoms with Crippen LogP contribution in [0.4, 0.5) is 5.82 Å². The second kappa shape index (κ2) is 8.19. The molecular formula is C27H30N6. The van der Waals surface area contributed by atoms with Gasteiger partial charge in [-0.1, -0.05) is 30.7 Å². The molecule has 0 saturated carbocycles. The summed E-state index contributed by atoms with van der Waals surface area (Å²) in [5, 5.41) is 4.76. The number of anilines is 1. The van der Waals surface area contributed by atoms with E-state index in [9.17, 15) is 0 Å². The molecule has 1 fully saturated rings. The SMILES string of the molecule is Cc1ncc(-c2cc3c4c([nH]c3cn2)NCC(c2ccc(CN3CCCCC3)cc2)=C4)n1C. The van der Waals surface area contributed by atoms with Gasteiger partial charge in [-0.15, -0.1) is 0 Å². The fourth-order valence-corrected chi connectivity index (χ4v) is 5.08. The minimum atomic E-state index is 0.812. The van der Waals surface area contributed by atoms with Crippen LogP contribution >= 0.6 is 0 Å². The van der Waals surface area contributed by atoms with Crippen molar-refractivity contribution in [3.8, 4) is 11.4 Å². The van der Waals surface area contributed by atoms with Crippen LogP contribution in [0.2, 0.25) is 0 Å². The Bertz CT molecular complexity index is 1340. The van der Waals surface area contributed by atoms with E-state index in [-0.39, 0.29) is 0 Å². The molecule has 1 saturated heterocycles. The second-order valence-electron chi connectivity index (χ2n) is 9.34. The van der Waals surface area contributed by atoms with E-state index in [0.29, 0.717) is 0 Å².